The van der Waals surface area contributed by atoms with Crippen LogP contribution < -0.4 is 4.72 Å². The first kappa shape index (κ1) is 12.4. The summed E-state index contributed by atoms with van der Waals surface area (Å²) in [6.07, 6.45) is 6.07. The Labute approximate surface area is 110 Å². The fourth-order valence-electron chi connectivity index (χ4n) is 2.49. The molecule has 0 saturated heterocycles. The molecule has 0 fully saturated rings. The van der Waals surface area contributed by atoms with Crippen molar-refractivity contribution in [1.82, 2.24) is 4.72 Å². The summed E-state index contributed by atoms with van der Waals surface area (Å²) in [5, 5.41) is 19.8. The monoisotopic (exact) mass is 279 g/mol. The lowest BCUT2D eigenvalue weighted by Gasteiger charge is -2.25. The third-order valence-corrected chi connectivity index (χ3v) is 4.95. The van der Waals surface area contributed by atoms with Crippen LogP contribution in [0.15, 0.2) is 47.4 Å². The van der Waals surface area contributed by atoms with Crippen LogP contribution in [0.3, 0.4) is 0 Å². The van der Waals surface area contributed by atoms with E-state index in [1.807, 2.05) is 0 Å². The van der Waals surface area contributed by atoms with E-state index >= 15 is 0 Å². The molecule has 6 heteroatoms. The molecule has 0 aromatic heterocycles. The first-order chi connectivity index (χ1) is 8.99. The zero-order chi connectivity index (χ0) is 13.6. The predicted molar refractivity (Wildman–Crippen MR) is 68.9 cm³/mol. The minimum Gasteiger partial charge on any atom is -0.508 e. The van der Waals surface area contributed by atoms with Gasteiger partial charge >= 0.3 is 0 Å². The van der Waals surface area contributed by atoms with Gasteiger partial charge in [0, 0.05) is 23.6 Å². The number of fused-ring (bicyclic) bond motifs is 2. The van der Waals surface area contributed by atoms with Crippen molar-refractivity contribution in [2.45, 2.75) is 17.0 Å². The lowest BCUT2D eigenvalue weighted by atomic mass is 9.87. The highest BCUT2D eigenvalue weighted by Gasteiger charge is 2.37. The summed E-state index contributed by atoms with van der Waals surface area (Å²) in [6.45, 7) is 0. The van der Waals surface area contributed by atoms with Crippen molar-refractivity contribution in [2.24, 2.45) is 5.92 Å². The zero-order valence-electron chi connectivity index (χ0n) is 9.89. The summed E-state index contributed by atoms with van der Waals surface area (Å²) in [7, 11) is -3.76. The molecule has 1 aliphatic carbocycles. The minimum absolute atomic E-state index is 0.0730. The van der Waals surface area contributed by atoms with E-state index in [4.69, 9.17) is 0 Å². The average Bonchev–Trinajstić information content (AvgIpc) is 2.45. The Morgan fingerprint density at radius 2 is 1.89 bits per heavy atom. The number of nitrogens with one attached hydrogen (secondary N) is 1. The number of aliphatic hydroxyl groups excluding tert-OH is 1. The van der Waals surface area contributed by atoms with Gasteiger partial charge in [-0.25, -0.2) is 13.1 Å². The summed E-state index contributed by atoms with van der Waals surface area (Å²) in [5.41, 5.74) is 0.303. The van der Waals surface area contributed by atoms with Crippen LogP contribution in [0.4, 0.5) is 0 Å². The lowest BCUT2D eigenvalue weighted by Crippen LogP contribution is -2.38. The molecule has 3 N–H and O–H groups in total. The van der Waals surface area contributed by atoms with E-state index in [0.717, 1.165) is 6.07 Å². The van der Waals surface area contributed by atoms with Gasteiger partial charge in [0.05, 0.1) is 11.0 Å². The van der Waals surface area contributed by atoms with E-state index in [-0.39, 0.29) is 16.6 Å². The Bertz CT molecular complexity index is 678. The molecule has 3 atom stereocenters. The molecule has 2 aliphatic rings. The minimum atomic E-state index is -3.76. The zero-order valence-corrected chi connectivity index (χ0v) is 10.7. The molecule has 0 bridgehead atoms. The topological polar surface area (TPSA) is 86.6 Å². The van der Waals surface area contributed by atoms with Crippen LogP contribution in [0, 0.1) is 5.92 Å². The standard InChI is InChI=1S/C13H13NO4S/c15-8-5-6-10-12(7-8)19(17,18)14-11-4-2-1-3-9(11)13(10)16/h1-7,9,11,13-16H. The molecule has 1 aromatic carbocycles. The lowest BCUT2D eigenvalue weighted by molar-refractivity contribution is 0.121. The number of aromatic hydroxyl groups is 1. The quantitative estimate of drug-likeness (QED) is 0.656. The highest BCUT2D eigenvalue weighted by molar-refractivity contribution is 7.89. The molecule has 19 heavy (non-hydrogen) atoms. The fraction of sp³-hybridized carbons (Fsp3) is 0.231. The van der Waals surface area contributed by atoms with Gasteiger partial charge in [-0.05, 0) is 6.07 Å². The maximum Gasteiger partial charge on any atom is 0.241 e. The number of phenolic OH excluding ortho intramolecular Hbond substituents is 1. The first-order valence-electron chi connectivity index (χ1n) is 5.87. The molecule has 1 aromatic rings. The third kappa shape index (κ3) is 1.98. The van der Waals surface area contributed by atoms with Crippen LogP contribution in [0.2, 0.25) is 0 Å². The third-order valence-electron chi connectivity index (χ3n) is 3.44. The van der Waals surface area contributed by atoms with Gasteiger partial charge in [0.1, 0.15) is 5.75 Å². The average molecular weight is 279 g/mol. The molecule has 1 aliphatic heterocycles. The number of phenols is 1. The number of aliphatic hydroxyl groups is 1. The second-order valence-electron chi connectivity index (χ2n) is 4.66. The molecule has 3 unspecified atom stereocenters. The molecule has 0 spiro atoms. The van der Waals surface area contributed by atoms with Crippen molar-refractivity contribution in [1.29, 1.82) is 0 Å². The number of hydrogen-bond donors (Lipinski definition) is 3. The summed E-state index contributed by atoms with van der Waals surface area (Å²) >= 11 is 0. The maximum absolute atomic E-state index is 12.3. The van der Waals surface area contributed by atoms with Crippen molar-refractivity contribution in [3.63, 3.8) is 0 Å². The van der Waals surface area contributed by atoms with Crippen LogP contribution >= 0.6 is 0 Å². The molecule has 0 amide bonds. The molecular weight excluding hydrogens is 266 g/mol. The van der Waals surface area contributed by atoms with E-state index < -0.39 is 22.2 Å². The molecule has 3 rings (SSSR count). The van der Waals surface area contributed by atoms with Gasteiger partial charge in [-0.3, -0.25) is 0 Å². The SMILES string of the molecule is O=S1(=O)NC2C=CC=CC2C(O)c2ccc(O)cc21. The van der Waals surface area contributed by atoms with Crippen molar-refractivity contribution in [3.8, 4) is 5.75 Å². The number of hydrogen-bond acceptors (Lipinski definition) is 4. The largest absolute Gasteiger partial charge is 0.508 e. The highest BCUT2D eigenvalue weighted by Crippen LogP contribution is 2.37. The highest BCUT2D eigenvalue weighted by atomic mass is 32.2. The molecule has 5 nitrogen and oxygen atoms in total. The first-order valence-corrected chi connectivity index (χ1v) is 7.36. The Morgan fingerprint density at radius 1 is 1.16 bits per heavy atom. The predicted octanol–water partition coefficient (Wildman–Crippen LogP) is 0.828. The van der Waals surface area contributed by atoms with E-state index in [1.54, 1.807) is 24.3 Å². The number of rotatable bonds is 0. The van der Waals surface area contributed by atoms with Gasteiger partial charge in [0.15, 0.2) is 0 Å². The van der Waals surface area contributed by atoms with Gasteiger partial charge in [0.2, 0.25) is 10.0 Å². The summed E-state index contributed by atoms with van der Waals surface area (Å²) in [5.74, 6) is -0.502. The van der Waals surface area contributed by atoms with E-state index in [1.165, 1.54) is 12.1 Å². The van der Waals surface area contributed by atoms with Crippen molar-refractivity contribution >= 4 is 10.0 Å². The fourth-order valence-corrected chi connectivity index (χ4v) is 3.99. The molecule has 0 radical (unpaired) electrons. The number of allylic oxidation sites excluding steroid dienone is 2. The van der Waals surface area contributed by atoms with Gasteiger partial charge < -0.3 is 10.2 Å². The van der Waals surface area contributed by atoms with Crippen molar-refractivity contribution in [2.75, 3.05) is 0 Å². The Balaban J connectivity index is 2.22. The van der Waals surface area contributed by atoms with Crippen molar-refractivity contribution < 1.29 is 18.6 Å². The molecule has 100 valence electrons. The second-order valence-corrected chi connectivity index (χ2v) is 6.34. The van der Waals surface area contributed by atoms with Crippen LogP contribution in [-0.4, -0.2) is 24.7 Å². The second kappa shape index (κ2) is 4.19. The van der Waals surface area contributed by atoms with Crippen LogP contribution in [0.5, 0.6) is 5.75 Å². The smallest absolute Gasteiger partial charge is 0.241 e. The molecular formula is C13H13NO4S. The van der Waals surface area contributed by atoms with Crippen LogP contribution in [0.1, 0.15) is 11.7 Å². The van der Waals surface area contributed by atoms with Gasteiger partial charge in [0.25, 0.3) is 0 Å². The Hall–Kier alpha value is -1.63. The molecule has 1 heterocycles. The number of benzene rings is 1. The summed E-state index contributed by atoms with van der Waals surface area (Å²) in [4.78, 5) is -0.0730. The van der Waals surface area contributed by atoms with E-state index in [0.29, 0.717) is 5.56 Å². The van der Waals surface area contributed by atoms with E-state index in [2.05, 4.69) is 4.72 Å². The molecule has 0 saturated carbocycles. The van der Waals surface area contributed by atoms with Crippen LogP contribution in [0.25, 0.3) is 0 Å². The van der Waals surface area contributed by atoms with E-state index in [9.17, 15) is 18.6 Å². The van der Waals surface area contributed by atoms with Gasteiger partial charge in [-0.15, -0.1) is 0 Å². The van der Waals surface area contributed by atoms with Crippen LogP contribution in [-0.2, 0) is 10.0 Å². The Morgan fingerprint density at radius 3 is 2.68 bits per heavy atom. The van der Waals surface area contributed by atoms with Gasteiger partial charge in [-0.1, -0.05) is 30.4 Å². The normalized spacial score (nSPS) is 31.3. The summed E-state index contributed by atoms with van der Waals surface area (Å²) in [6, 6.07) is 3.49. The van der Waals surface area contributed by atoms with Gasteiger partial charge in [-0.2, -0.15) is 0 Å². The summed E-state index contributed by atoms with van der Waals surface area (Å²) < 4.78 is 27.0. The van der Waals surface area contributed by atoms with Crippen molar-refractivity contribution in [3.05, 3.63) is 48.1 Å². The number of sulfonamides is 1. The Kier molecular flexibility index (Phi) is 2.74. The maximum atomic E-state index is 12.3.